The van der Waals surface area contributed by atoms with Crippen molar-refractivity contribution in [2.45, 2.75) is 6.61 Å². The molecule has 0 N–H and O–H groups in total. The highest BCUT2D eigenvalue weighted by molar-refractivity contribution is 6.51. The minimum Gasteiger partial charge on any atom is -0.435 e. The van der Waals surface area contributed by atoms with E-state index in [1.807, 2.05) is 24.3 Å². The molecule has 0 atom stereocenters. The molecule has 0 fully saturated rings. The number of rotatable bonds is 7. The molecule has 0 saturated heterocycles. The van der Waals surface area contributed by atoms with Crippen molar-refractivity contribution in [1.82, 2.24) is 0 Å². The van der Waals surface area contributed by atoms with E-state index >= 15 is 0 Å². The highest BCUT2D eigenvalue weighted by Gasteiger charge is 2.16. The van der Waals surface area contributed by atoms with Crippen molar-refractivity contribution in [2.75, 3.05) is 0 Å². The normalized spacial score (nSPS) is 11.8. The molecule has 0 spiro atoms. The summed E-state index contributed by atoms with van der Waals surface area (Å²) in [4.78, 5) is 12.8. The van der Waals surface area contributed by atoms with Crippen molar-refractivity contribution >= 4 is 17.7 Å². The standard InChI is InChI=1S/C22H16F2N2O2/c23-22(24)28-19-13-11-16(12-14-19)15-25-26-20(17-7-3-1-4-8-17)21(27)18-9-5-2-6-10-18/h1-15,22H/b25-15-,26-20-. The van der Waals surface area contributed by atoms with E-state index in [1.165, 1.54) is 18.3 Å². The largest absolute Gasteiger partial charge is 0.435 e. The molecule has 0 aliphatic heterocycles. The molecule has 0 aliphatic carbocycles. The predicted molar refractivity (Wildman–Crippen MR) is 104 cm³/mol. The smallest absolute Gasteiger partial charge is 0.387 e. The molecule has 0 aliphatic rings. The lowest BCUT2D eigenvalue weighted by Crippen LogP contribution is -2.15. The van der Waals surface area contributed by atoms with Crippen LogP contribution >= 0.6 is 0 Å². The number of ether oxygens (including phenoxy) is 1. The Morgan fingerprint density at radius 3 is 1.96 bits per heavy atom. The topological polar surface area (TPSA) is 51.0 Å². The van der Waals surface area contributed by atoms with Crippen LogP contribution < -0.4 is 4.74 Å². The number of carbonyl (C=O) groups is 1. The van der Waals surface area contributed by atoms with Crippen LogP contribution in [0.3, 0.4) is 0 Å². The van der Waals surface area contributed by atoms with Crippen molar-refractivity contribution < 1.29 is 18.3 Å². The second-order valence-electron chi connectivity index (χ2n) is 5.70. The van der Waals surface area contributed by atoms with Crippen LogP contribution in [0.5, 0.6) is 5.75 Å². The Hall–Kier alpha value is -3.67. The van der Waals surface area contributed by atoms with E-state index in [1.54, 1.807) is 48.5 Å². The number of halogens is 2. The van der Waals surface area contributed by atoms with Gasteiger partial charge >= 0.3 is 6.61 Å². The summed E-state index contributed by atoms with van der Waals surface area (Å²) in [6, 6.07) is 23.8. The van der Waals surface area contributed by atoms with E-state index < -0.39 is 6.61 Å². The summed E-state index contributed by atoms with van der Waals surface area (Å²) in [7, 11) is 0. The van der Waals surface area contributed by atoms with Crippen LogP contribution in [0.15, 0.2) is 95.1 Å². The minimum atomic E-state index is -2.87. The molecule has 6 heteroatoms. The van der Waals surface area contributed by atoms with E-state index in [0.29, 0.717) is 16.7 Å². The van der Waals surface area contributed by atoms with Gasteiger partial charge in [0.25, 0.3) is 0 Å². The molecular weight excluding hydrogens is 362 g/mol. The maximum absolute atomic E-state index is 12.8. The van der Waals surface area contributed by atoms with E-state index in [-0.39, 0.29) is 17.2 Å². The summed E-state index contributed by atoms with van der Waals surface area (Å²) in [5, 5.41) is 8.13. The first-order valence-electron chi connectivity index (χ1n) is 8.44. The Morgan fingerprint density at radius 2 is 1.39 bits per heavy atom. The quantitative estimate of drug-likeness (QED) is 0.330. The van der Waals surface area contributed by atoms with Crippen molar-refractivity contribution in [3.8, 4) is 5.75 Å². The third-order valence-corrected chi connectivity index (χ3v) is 3.77. The highest BCUT2D eigenvalue weighted by Crippen LogP contribution is 2.14. The SMILES string of the molecule is O=C(/C(=N\N=C/c1ccc(OC(F)F)cc1)c1ccccc1)c1ccccc1. The number of hydrogen-bond acceptors (Lipinski definition) is 4. The number of nitrogens with zero attached hydrogens (tertiary/aromatic N) is 2. The first-order chi connectivity index (χ1) is 13.6. The monoisotopic (exact) mass is 378 g/mol. The van der Waals surface area contributed by atoms with Gasteiger partial charge in [-0.3, -0.25) is 4.79 Å². The van der Waals surface area contributed by atoms with Gasteiger partial charge in [-0.1, -0.05) is 60.7 Å². The zero-order valence-electron chi connectivity index (χ0n) is 14.7. The van der Waals surface area contributed by atoms with Gasteiger partial charge in [0.1, 0.15) is 11.5 Å². The van der Waals surface area contributed by atoms with Crippen LogP contribution in [0.1, 0.15) is 21.5 Å². The molecule has 0 unspecified atom stereocenters. The molecule has 0 radical (unpaired) electrons. The van der Waals surface area contributed by atoms with Gasteiger partial charge < -0.3 is 4.74 Å². The summed E-state index contributed by atoms with van der Waals surface area (Å²) < 4.78 is 28.7. The lowest BCUT2D eigenvalue weighted by atomic mass is 10.0. The Bertz CT molecular complexity index is 970. The molecular formula is C22H16F2N2O2. The number of benzene rings is 3. The molecule has 3 aromatic carbocycles. The summed E-state index contributed by atoms with van der Waals surface area (Å²) in [6.07, 6.45) is 1.44. The average Bonchev–Trinajstić information content (AvgIpc) is 2.73. The van der Waals surface area contributed by atoms with Crippen molar-refractivity contribution in [2.24, 2.45) is 10.2 Å². The van der Waals surface area contributed by atoms with E-state index in [2.05, 4.69) is 14.9 Å². The second kappa shape index (κ2) is 9.32. The molecule has 140 valence electrons. The fraction of sp³-hybridized carbons (Fsp3) is 0.0455. The summed E-state index contributed by atoms with van der Waals surface area (Å²) in [6.45, 7) is -2.87. The van der Waals surface area contributed by atoms with Crippen LogP contribution in [0.25, 0.3) is 0 Å². The van der Waals surface area contributed by atoms with E-state index in [4.69, 9.17) is 0 Å². The first kappa shape index (κ1) is 19.1. The molecule has 3 rings (SSSR count). The van der Waals surface area contributed by atoms with Gasteiger partial charge in [0, 0.05) is 11.1 Å². The minimum absolute atomic E-state index is 0.0554. The Kier molecular flexibility index (Phi) is 6.36. The number of Topliss-reactive ketones (excluding diaryl/α,β-unsaturated/α-hetero) is 1. The number of ketones is 1. The van der Waals surface area contributed by atoms with Crippen LogP contribution in [-0.4, -0.2) is 24.3 Å². The molecule has 0 aromatic heterocycles. The van der Waals surface area contributed by atoms with Crippen molar-refractivity contribution in [1.29, 1.82) is 0 Å². The Balaban J connectivity index is 1.85. The van der Waals surface area contributed by atoms with Gasteiger partial charge in [-0.05, 0) is 29.8 Å². The zero-order valence-corrected chi connectivity index (χ0v) is 14.7. The molecule has 3 aromatic rings. The second-order valence-corrected chi connectivity index (χ2v) is 5.70. The third kappa shape index (κ3) is 5.17. The Labute approximate surface area is 160 Å². The summed E-state index contributed by atoms with van der Waals surface area (Å²) >= 11 is 0. The predicted octanol–water partition coefficient (Wildman–Crippen LogP) is 4.99. The maximum Gasteiger partial charge on any atom is 0.387 e. The highest BCUT2D eigenvalue weighted by atomic mass is 19.3. The van der Waals surface area contributed by atoms with Crippen molar-refractivity contribution in [3.05, 3.63) is 102 Å². The zero-order chi connectivity index (χ0) is 19.8. The van der Waals surface area contributed by atoms with Gasteiger partial charge in [-0.15, -0.1) is 5.10 Å². The molecule has 28 heavy (non-hydrogen) atoms. The first-order valence-corrected chi connectivity index (χ1v) is 8.44. The van der Waals surface area contributed by atoms with Gasteiger partial charge in [-0.2, -0.15) is 13.9 Å². The average molecular weight is 378 g/mol. The molecule has 0 amide bonds. The summed E-state index contributed by atoms with van der Waals surface area (Å²) in [5.74, 6) is -0.190. The van der Waals surface area contributed by atoms with Gasteiger partial charge in [0.15, 0.2) is 0 Å². The number of carbonyl (C=O) groups excluding carboxylic acids is 1. The van der Waals surface area contributed by atoms with Gasteiger partial charge in [0.05, 0.1) is 6.21 Å². The molecule has 4 nitrogen and oxygen atoms in total. The number of hydrogen-bond donors (Lipinski definition) is 0. The van der Waals surface area contributed by atoms with Crippen molar-refractivity contribution in [3.63, 3.8) is 0 Å². The van der Waals surface area contributed by atoms with Crippen LogP contribution in [0.4, 0.5) is 8.78 Å². The molecule has 0 bridgehead atoms. The Morgan fingerprint density at radius 1 is 0.821 bits per heavy atom. The van der Waals surface area contributed by atoms with E-state index in [0.717, 1.165) is 0 Å². The van der Waals surface area contributed by atoms with Crippen LogP contribution in [0, 0.1) is 0 Å². The van der Waals surface area contributed by atoms with Crippen LogP contribution in [0.2, 0.25) is 0 Å². The van der Waals surface area contributed by atoms with Crippen LogP contribution in [-0.2, 0) is 0 Å². The molecule has 0 saturated carbocycles. The van der Waals surface area contributed by atoms with Gasteiger partial charge in [-0.25, -0.2) is 0 Å². The maximum atomic E-state index is 12.8. The lowest BCUT2D eigenvalue weighted by Gasteiger charge is -2.05. The number of alkyl halides is 2. The fourth-order valence-electron chi connectivity index (χ4n) is 2.45. The van der Waals surface area contributed by atoms with E-state index in [9.17, 15) is 13.6 Å². The fourth-order valence-corrected chi connectivity index (χ4v) is 2.45. The summed E-state index contributed by atoms with van der Waals surface area (Å²) in [5.41, 5.74) is 1.99. The molecule has 0 heterocycles. The third-order valence-electron chi connectivity index (χ3n) is 3.77. The van der Waals surface area contributed by atoms with Gasteiger partial charge in [0.2, 0.25) is 5.78 Å². The lowest BCUT2D eigenvalue weighted by molar-refractivity contribution is -0.0498.